The Labute approximate surface area is 371 Å². The Morgan fingerprint density at radius 2 is 1.45 bits per heavy atom. The molecule has 3 saturated heterocycles. The molecule has 2 aromatic carbocycles. The Hall–Kier alpha value is -6.07. The molecule has 4 N–H and O–H groups in total. The summed E-state index contributed by atoms with van der Waals surface area (Å²) in [6, 6.07) is 14.1. The lowest BCUT2D eigenvalue weighted by Gasteiger charge is -2.36. The molecule has 3 aliphatic heterocycles. The van der Waals surface area contributed by atoms with Crippen molar-refractivity contribution in [1.82, 2.24) is 45.4 Å². The molecule has 1 saturated carbocycles. The summed E-state index contributed by atoms with van der Waals surface area (Å²) in [6.07, 6.45) is 5.89. The average Bonchev–Trinajstić information content (AvgIpc) is 4.16. The van der Waals surface area contributed by atoms with Crippen LogP contribution in [-0.2, 0) is 28.5 Å². The largest absolute Gasteiger partial charge is 0.453 e. The molecule has 338 valence electrons. The van der Waals surface area contributed by atoms with E-state index >= 15 is 0 Å². The Balaban J connectivity index is 0.951. The molecule has 1 aliphatic carbocycles. The number of amides is 4. The monoisotopic (exact) mass is 875 g/mol. The summed E-state index contributed by atoms with van der Waals surface area (Å²) in [5, 5.41) is 6.46. The molecule has 4 fully saturated rings. The summed E-state index contributed by atoms with van der Waals surface area (Å²) in [6.45, 7) is 8.68. The minimum Gasteiger partial charge on any atom is -0.453 e. The van der Waals surface area contributed by atoms with Crippen LogP contribution in [0.1, 0.15) is 90.0 Å². The van der Waals surface area contributed by atoms with Gasteiger partial charge in [0, 0.05) is 17.8 Å². The van der Waals surface area contributed by atoms with E-state index < -0.39 is 36.1 Å². The number of methoxy groups -OCH3 is 2. The van der Waals surface area contributed by atoms with Crippen LogP contribution in [0.2, 0.25) is 0 Å². The van der Waals surface area contributed by atoms with E-state index in [1.165, 1.54) is 14.2 Å². The first-order chi connectivity index (χ1) is 30.8. The standard InChI is InChI=1S/C47H57N9O8/c1-25(2)39(53-45(59)61-5)43(57)55-24-47(63-17-18-64-47)22-38(55)42-50-32-15-12-28(20-34(32)51-42)27-11-14-31-29(19-27)13-16-33(49-31)35-23-48-41(52-35)37-21-30-9-7-8-10-36(30)56(37)44(58)40(26(3)4)54-46(60)62-6/h11-16,19-20,23,25-26,30,36-40H,7-10,17-18,21-22,24H2,1-6H3,(H,48,52)(H,50,51)(H,53,59)(H,54,60). The molecule has 17 heteroatoms. The first-order valence-corrected chi connectivity index (χ1v) is 22.4. The first-order valence-electron chi connectivity index (χ1n) is 22.4. The van der Waals surface area contributed by atoms with Crippen LogP contribution in [0.25, 0.3) is 44.5 Å². The van der Waals surface area contributed by atoms with Gasteiger partial charge in [-0.25, -0.2) is 24.5 Å². The molecule has 9 rings (SSSR count). The lowest BCUT2D eigenvalue weighted by Crippen LogP contribution is -2.53. The SMILES string of the molecule is COC(=O)NC(C(=O)N1CC2(CC1c1nc3ccc(-c4ccc5nc(-c6cnc(C7CC8CCCCC8N7C(=O)C(NC(=O)OC)C(C)C)[nH]6)ccc5c4)cc3[nH]1)OCCO2)C(C)C. The second-order valence-corrected chi connectivity index (χ2v) is 18.3. The third-order valence-electron chi connectivity index (χ3n) is 13.5. The summed E-state index contributed by atoms with van der Waals surface area (Å²) in [5.74, 6) is 0.0458. The molecule has 6 heterocycles. The van der Waals surface area contributed by atoms with E-state index in [1.54, 1.807) is 11.1 Å². The molecule has 64 heavy (non-hydrogen) atoms. The second kappa shape index (κ2) is 17.5. The number of aromatic amines is 2. The van der Waals surface area contributed by atoms with Crippen LogP contribution in [0, 0.1) is 17.8 Å². The van der Waals surface area contributed by atoms with E-state index in [4.69, 9.17) is 33.9 Å². The molecule has 17 nitrogen and oxygen atoms in total. The van der Waals surface area contributed by atoms with Crippen LogP contribution in [0.3, 0.4) is 0 Å². The number of hydrogen-bond acceptors (Lipinski definition) is 11. The van der Waals surface area contributed by atoms with Gasteiger partial charge in [0.1, 0.15) is 23.7 Å². The molecule has 1 spiro atoms. The Morgan fingerprint density at radius 1 is 0.781 bits per heavy atom. The molecule has 4 amide bonds. The average molecular weight is 876 g/mol. The number of carbonyl (C=O) groups is 4. The zero-order valence-electron chi connectivity index (χ0n) is 37.2. The highest BCUT2D eigenvalue weighted by Gasteiger charge is 2.53. The number of H-pyrrole nitrogens is 2. The van der Waals surface area contributed by atoms with Crippen molar-refractivity contribution >= 4 is 45.9 Å². The quantitative estimate of drug-likeness (QED) is 0.115. The Morgan fingerprint density at radius 3 is 2.16 bits per heavy atom. The number of nitrogens with one attached hydrogen (secondary N) is 4. The van der Waals surface area contributed by atoms with Crippen molar-refractivity contribution in [3.8, 4) is 22.5 Å². The fraction of sp³-hybridized carbons (Fsp3) is 0.511. The predicted octanol–water partition coefficient (Wildman–Crippen LogP) is 6.78. The van der Waals surface area contributed by atoms with Gasteiger partial charge in [-0.3, -0.25) is 9.59 Å². The van der Waals surface area contributed by atoms with E-state index in [1.807, 2.05) is 69.0 Å². The number of alkyl carbamates (subject to hydrolysis) is 2. The van der Waals surface area contributed by atoms with Crippen molar-refractivity contribution in [3.63, 3.8) is 0 Å². The topological polar surface area (TPSA) is 206 Å². The van der Waals surface area contributed by atoms with Crippen LogP contribution in [-0.4, -0.2) is 117 Å². The van der Waals surface area contributed by atoms with Crippen molar-refractivity contribution in [3.05, 3.63) is 66.4 Å². The Kier molecular flexibility index (Phi) is 11.8. The van der Waals surface area contributed by atoms with Crippen LogP contribution in [0.4, 0.5) is 9.59 Å². The van der Waals surface area contributed by atoms with Gasteiger partial charge in [0.25, 0.3) is 0 Å². The van der Waals surface area contributed by atoms with Crippen LogP contribution in [0.15, 0.2) is 54.7 Å². The van der Waals surface area contributed by atoms with Crippen molar-refractivity contribution in [1.29, 1.82) is 0 Å². The third-order valence-corrected chi connectivity index (χ3v) is 13.5. The summed E-state index contributed by atoms with van der Waals surface area (Å²) in [4.78, 5) is 78.4. The zero-order valence-corrected chi connectivity index (χ0v) is 37.2. The maximum atomic E-state index is 14.3. The maximum absolute atomic E-state index is 14.3. The van der Waals surface area contributed by atoms with E-state index in [0.717, 1.165) is 82.4 Å². The smallest absolute Gasteiger partial charge is 0.407 e. The zero-order chi connectivity index (χ0) is 44.9. The number of hydrogen-bond donors (Lipinski definition) is 4. The number of pyridine rings is 1. The number of rotatable bonds is 10. The van der Waals surface area contributed by atoms with Crippen molar-refractivity contribution in [2.24, 2.45) is 17.8 Å². The summed E-state index contributed by atoms with van der Waals surface area (Å²) in [7, 11) is 2.58. The van der Waals surface area contributed by atoms with Crippen molar-refractivity contribution < 1.29 is 38.1 Å². The van der Waals surface area contributed by atoms with Gasteiger partial charge in [-0.2, -0.15) is 0 Å². The highest BCUT2D eigenvalue weighted by Crippen LogP contribution is 2.47. The van der Waals surface area contributed by atoms with E-state index in [2.05, 4.69) is 32.7 Å². The maximum Gasteiger partial charge on any atom is 0.407 e. The molecule has 6 unspecified atom stereocenters. The highest BCUT2D eigenvalue weighted by atomic mass is 16.7. The summed E-state index contributed by atoms with van der Waals surface area (Å²) >= 11 is 0. The number of imidazole rings is 2. The first kappa shape index (κ1) is 43.2. The normalized spacial score (nSPS) is 22.6. The van der Waals surface area contributed by atoms with Gasteiger partial charge >= 0.3 is 12.2 Å². The molecule has 0 radical (unpaired) electrons. The van der Waals surface area contributed by atoms with Gasteiger partial charge < -0.3 is 49.3 Å². The number of ether oxygens (including phenoxy) is 4. The molecular formula is C47H57N9O8. The number of nitrogens with zero attached hydrogens (tertiary/aromatic N) is 5. The molecule has 3 aromatic heterocycles. The molecule has 5 aromatic rings. The minimum atomic E-state index is -0.949. The van der Waals surface area contributed by atoms with E-state index in [9.17, 15) is 19.2 Å². The van der Waals surface area contributed by atoms with Crippen LogP contribution in [0.5, 0.6) is 0 Å². The predicted molar refractivity (Wildman–Crippen MR) is 236 cm³/mol. The van der Waals surface area contributed by atoms with Gasteiger partial charge in [0.2, 0.25) is 11.8 Å². The Bertz CT molecular complexity index is 2560. The van der Waals surface area contributed by atoms with Crippen LogP contribution < -0.4 is 10.6 Å². The number of benzene rings is 2. The van der Waals surface area contributed by atoms with Gasteiger partial charge in [-0.1, -0.05) is 58.7 Å². The second-order valence-electron chi connectivity index (χ2n) is 18.3. The summed E-state index contributed by atoms with van der Waals surface area (Å²) < 4.78 is 21.8. The number of likely N-dealkylation sites (tertiary alicyclic amines) is 2. The van der Waals surface area contributed by atoms with E-state index in [0.29, 0.717) is 31.4 Å². The number of aromatic nitrogens is 5. The molecule has 4 aliphatic rings. The van der Waals surface area contributed by atoms with Gasteiger partial charge in [-0.05, 0) is 78.5 Å². The fourth-order valence-electron chi connectivity index (χ4n) is 10.2. The van der Waals surface area contributed by atoms with Gasteiger partial charge in [0.05, 0.1) is 80.2 Å². The minimum absolute atomic E-state index is 0.0908. The highest BCUT2D eigenvalue weighted by molar-refractivity contribution is 5.90. The van der Waals surface area contributed by atoms with Gasteiger partial charge in [0.15, 0.2) is 5.79 Å². The number of fused-ring (bicyclic) bond motifs is 3. The van der Waals surface area contributed by atoms with Gasteiger partial charge in [-0.15, -0.1) is 0 Å². The summed E-state index contributed by atoms with van der Waals surface area (Å²) in [5.41, 5.74) is 5.85. The fourth-order valence-corrected chi connectivity index (χ4v) is 10.2. The lowest BCUT2D eigenvalue weighted by atomic mass is 9.84. The molecular weight excluding hydrogens is 819 g/mol. The van der Waals surface area contributed by atoms with E-state index in [-0.39, 0.29) is 42.3 Å². The van der Waals surface area contributed by atoms with Crippen LogP contribution >= 0.6 is 0 Å². The van der Waals surface area contributed by atoms with Crippen molar-refractivity contribution in [2.45, 2.75) is 102 Å². The molecule has 6 atom stereocenters. The number of carbonyl (C=O) groups excluding carboxylic acids is 4. The third kappa shape index (κ3) is 8.15. The van der Waals surface area contributed by atoms with Crippen molar-refractivity contribution in [2.75, 3.05) is 34.0 Å². The lowest BCUT2D eigenvalue weighted by molar-refractivity contribution is -0.153. The molecule has 0 bridgehead atoms.